The zero-order chi connectivity index (χ0) is 18.4. The summed E-state index contributed by atoms with van der Waals surface area (Å²) < 4.78 is 5.06. The van der Waals surface area contributed by atoms with Crippen molar-refractivity contribution in [1.29, 1.82) is 10.7 Å². The molecular weight excluding hydrogens is 336 g/mol. The largest absolute Gasteiger partial charge is 0.479 e. The van der Waals surface area contributed by atoms with E-state index in [9.17, 15) is 5.26 Å². The van der Waals surface area contributed by atoms with Crippen molar-refractivity contribution in [3.05, 3.63) is 46.3 Å². The Morgan fingerprint density at radius 1 is 1.44 bits per heavy atom. The van der Waals surface area contributed by atoms with Gasteiger partial charge in [0.15, 0.2) is 6.40 Å². The molecule has 0 aliphatic rings. The van der Waals surface area contributed by atoms with Crippen LogP contribution in [0.2, 0.25) is 0 Å². The highest BCUT2D eigenvalue weighted by atomic mass is 32.1. The Bertz CT molecular complexity index is 901. The van der Waals surface area contributed by atoms with Gasteiger partial charge >= 0.3 is 0 Å². The monoisotopic (exact) mass is 352 g/mol. The zero-order valence-corrected chi connectivity index (χ0v) is 14.9. The molecule has 126 valence electrons. The van der Waals surface area contributed by atoms with Crippen LogP contribution in [0.4, 0.5) is 21.4 Å². The van der Waals surface area contributed by atoms with Crippen LogP contribution in [0.1, 0.15) is 16.7 Å². The van der Waals surface area contributed by atoms with Crippen molar-refractivity contribution < 1.29 is 4.74 Å². The quantitative estimate of drug-likeness (QED) is 0.340. The van der Waals surface area contributed by atoms with Gasteiger partial charge in [-0.15, -0.1) is 21.6 Å². The van der Waals surface area contributed by atoms with Crippen LogP contribution in [0, 0.1) is 30.2 Å². The molecule has 0 unspecified atom stereocenters. The molecule has 0 atom stereocenters. The van der Waals surface area contributed by atoms with E-state index in [0.29, 0.717) is 26.8 Å². The zero-order valence-electron chi connectivity index (χ0n) is 14.1. The second kappa shape index (κ2) is 8.04. The van der Waals surface area contributed by atoms with Crippen LogP contribution in [0.25, 0.3) is 4.85 Å². The van der Waals surface area contributed by atoms with Crippen molar-refractivity contribution in [2.75, 3.05) is 19.0 Å². The number of nitrogens with one attached hydrogen (secondary N) is 1. The molecule has 0 aliphatic heterocycles. The van der Waals surface area contributed by atoms with Crippen LogP contribution >= 0.6 is 11.3 Å². The van der Waals surface area contributed by atoms with Gasteiger partial charge in [-0.2, -0.15) is 5.26 Å². The Balaban J connectivity index is 2.43. The number of anilines is 1. The summed E-state index contributed by atoms with van der Waals surface area (Å²) in [6.45, 7) is 9.08. The summed E-state index contributed by atoms with van der Waals surface area (Å²) in [5.41, 5.74) is 3.35. The van der Waals surface area contributed by atoms with E-state index in [0.717, 1.165) is 29.0 Å². The number of nitriles is 1. The summed E-state index contributed by atoms with van der Waals surface area (Å²) in [5, 5.41) is 25.6. The van der Waals surface area contributed by atoms with Crippen LogP contribution in [0.3, 0.4) is 0 Å². The Morgan fingerprint density at radius 3 is 2.80 bits per heavy atom. The molecule has 2 rings (SSSR count). The molecule has 0 amide bonds. The van der Waals surface area contributed by atoms with Gasteiger partial charge in [0.25, 0.3) is 0 Å². The van der Waals surface area contributed by atoms with E-state index in [2.05, 4.69) is 21.1 Å². The van der Waals surface area contributed by atoms with E-state index >= 15 is 0 Å². The average Bonchev–Trinajstić information content (AvgIpc) is 2.93. The maximum Gasteiger partial charge on any atom is 0.247 e. The number of hydrogen-bond donors (Lipinski definition) is 1. The molecule has 1 aromatic heterocycles. The van der Waals surface area contributed by atoms with E-state index in [4.69, 9.17) is 16.7 Å². The maximum atomic E-state index is 9.28. The average molecular weight is 352 g/mol. The summed E-state index contributed by atoms with van der Waals surface area (Å²) in [6.07, 6.45) is 0.877. The first kappa shape index (κ1) is 18.1. The van der Waals surface area contributed by atoms with Crippen molar-refractivity contribution in [1.82, 2.24) is 0 Å². The molecule has 0 saturated heterocycles. The number of azo groups is 1. The fourth-order valence-electron chi connectivity index (χ4n) is 2.09. The second-order valence-electron chi connectivity index (χ2n) is 5.27. The van der Waals surface area contributed by atoms with Crippen LogP contribution in [0.5, 0.6) is 0 Å². The van der Waals surface area contributed by atoms with E-state index < -0.39 is 0 Å². The molecule has 1 aromatic carbocycles. The molecule has 0 spiro atoms. The third-order valence-electron chi connectivity index (χ3n) is 3.47. The van der Waals surface area contributed by atoms with Gasteiger partial charge in [-0.05, 0) is 30.7 Å². The minimum atomic E-state index is 0.196. The molecule has 25 heavy (non-hydrogen) atoms. The number of hydrogen-bond acceptors (Lipinski definition) is 7. The van der Waals surface area contributed by atoms with Gasteiger partial charge < -0.3 is 9.64 Å². The third kappa shape index (κ3) is 4.00. The number of benzene rings is 1. The Morgan fingerprint density at radius 2 is 2.20 bits per heavy atom. The molecule has 0 saturated carbocycles. The number of nitrogens with zero attached hydrogens (tertiary/aromatic N) is 5. The first-order valence-corrected chi connectivity index (χ1v) is 8.07. The summed E-state index contributed by atoms with van der Waals surface area (Å²) in [7, 11) is 3.86. The number of rotatable bonds is 6. The first-order valence-electron chi connectivity index (χ1n) is 7.25. The Hall–Kier alpha value is -3.23. The molecule has 1 N–H and O–H groups in total. The lowest BCUT2D eigenvalue weighted by Crippen LogP contribution is -2.08. The predicted octanol–water partition coefficient (Wildman–Crippen LogP) is 5.08. The van der Waals surface area contributed by atoms with Gasteiger partial charge in [-0.25, -0.2) is 4.85 Å². The lowest BCUT2D eigenvalue weighted by Gasteiger charge is -2.14. The highest BCUT2D eigenvalue weighted by Crippen LogP contribution is 2.41. The van der Waals surface area contributed by atoms with Gasteiger partial charge in [-0.1, -0.05) is 0 Å². The van der Waals surface area contributed by atoms with Crippen molar-refractivity contribution in [3.8, 4) is 6.07 Å². The molecule has 0 aliphatic carbocycles. The standard InChI is InChI=1S/C17H16N6OS/c1-11-14(8-18)17(25-16(11)20-2)22-21-15-6-5-13(23(3)4)7-12(15)9-24-10-19/h5-7,10,19H,9H2,1,3-4H3/b19-10?,22-21+. The maximum absolute atomic E-state index is 9.28. The Labute approximate surface area is 150 Å². The molecular formula is C17H16N6OS. The fourth-order valence-corrected chi connectivity index (χ4v) is 2.96. The van der Waals surface area contributed by atoms with Crippen molar-refractivity contribution in [2.45, 2.75) is 13.5 Å². The van der Waals surface area contributed by atoms with Gasteiger partial charge in [0.05, 0.1) is 17.8 Å². The van der Waals surface area contributed by atoms with Gasteiger partial charge in [-0.3, -0.25) is 5.41 Å². The van der Waals surface area contributed by atoms with Crippen molar-refractivity contribution in [2.24, 2.45) is 10.2 Å². The molecule has 7 nitrogen and oxygen atoms in total. The summed E-state index contributed by atoms with van der Waals surface area (Å²) in [5.74, 6) is 0. The highest BCUT2D eigenvalue weighted by molar-refractivity contribution is 7.20. The van der Waals surface area contributed by atoms with E-state index in [1.54, 1.807) is 6.92 Å². The second-order valence-corrected chi connectivity index (χ2v) is 6.25. The molecule has 2 aromatic rings. The van der Waals surface area contributed by atoms with Gasteiger partial charge in [0, 0.05) is 25.3 Å². The van der Waals surface area contributed by atoms with Crippen LogP contribution in [0.15, 0.2) is 28.4 Å². The van der Waals surface area contributed by atoms with Gasteiger partial charge in [0.2, 0.25) is 5.00 Å². The van der Waals surface area contributed by atoms with Crippen LogP contribution < -0.4 is 4.90 Å². The molecule has 0 bridgehead atoms. The highest BCUT2D eigenvalue weighted by Gasteiger charge is 2.14. The minimum Gasteiger partial charge on any atom is -0.479 e. The van der Waals surface area contributed by atoms with Crippen LogP contribution in [-0.4, -0.2) is 20.5 Å². The topological polar surface area (TPSA) is 89.2 Å². The van der Waals surface area contributed by atoms with E-state index in [1.807, 2.05) is 37.2 Å². The number of thiophene rings is 1. The summed E-state index contributed by atoms with van der Waals surface area (Å²) in [6, 6.07) is 7.70. The van der Waals surface area contributed by atoms with E-state index in [-0.39, 0.29) is 6.61 Å². The van der Waals surface area contributed by atoms with Crippen molar-refractivity contribution >= 4 is 39.1 Å². The SMILES string of the molecule is [C-]#[N+]c1sc(/N=N/c2ccc(N(C)C)cc2COC=N)c(C#N)c1C. The van der Waals surface area contributed by atoms with Gasteiger partial charge in [0.1, 0.15) is 17.7 Å². The normalized spacial score (nSPS) is 10.3. The molecule has 0 radical (unpaired) electrons. The van der Waals surface area contributed by atoms with Crippen molar-refractivity contribution in [3.63, 3.8) is 0 Å². The lowest BCUT2D eigenvalue weighted by atomic mass is 10.1. The fraction of sp³-hybridized carbons (Fsp3) is 0.235. The van der Waals surface area contributed by atoms with Crippen LogP contribution in [-0.2, 0) is 11.3 Å². The third-order valence-corrected chi connectivity index (χ3v) is 4.54. The first-order chi connectivity index (χ1) is 12.0. The molecule has 1 heterocycles. The summed E-state index contributed by atoms with van der Waals surface area (Å²) >= 11 is 1.15. The molecule has 8 heteroatoms. The molecule has 0 fully saturated rings. The summed E-state index contributed by atoms with van der Waals surface area (Å²) in [4.78, 5) is 5.36. The van der Waals surface area contributed by atoms with E-state index in [1.165, 1.54) is 0 Å². The lowest BCUT2D eigenvalue weighted by molar-refractivity contribution is 0.306. The number of ether oxygens (including phenoxy) is 1. The Kier molecular flexibility index (Phi) is 5.83. The predicted molar refractivity (Wildman–Crippen MR) is 98.6 cm³/mol. The smallest absolute Gasteiger partial charge is 0.247 e. The minimum absolute atomic E-state index is 0.196.